The number of anilines is 5. The number of nitrogens with one attached hydrogen (secondary N) is 3. The van der Waals surface area contributed by atoms with Crippen molar-refractivity contribution < 1.29 is 4.79 Å². The Kier molecular flexibility index (Phi) is 5.56. The number of aryl methyl sites for hydroxylation is 1. The molecule has 0 saturated heterocycles. The van der Waals surface area contributed by atoms with Gasteiger partial charge in [0.2, 0.25) is 5.91 Å². The molecule has 0 fully saturated rings. The van der Waals surface area contributed by atoms with Crippen molar-refractivity contribution in [1.82, 2.24) is 29.7 Å². The van der Waals surface area contributed by atoms with E-state index in [1.54, 1.807) is 24.4 Å². The summed E-state index contributed by atoms with van der Waals surface area (Å²) in [4.78, 5) is 28.6. The predicted octanol–water partition coefficient (Wildman–Crippen LogP) is 2.90. The highest BCUT2D eigenvalue weighted by atomic mass is 16.2. The Morgan fingerprint density at radius 3 is 2.37 bits per heavy atom. The first-order chi connectivity index (χ1) is 14.6. The minimum Gasteiger partial charge on any atom is -0.340 e. The number of nitrogens with zero attached hydrogens (tertiary/aromatic N) is 6. The van der Waals surface area contributed by atoms with Crippen molar-refractivity contribution in [3.8, 4) is 0 Å². The average molecular weight is 401 g/mol. The van der Waals surface area contributed by atoms with E-state index < -0.39 is 0 Å². The zero-order valence-electron chi connectivity index (χ0n) is 16.1. The number of pyridine rings is 1. The summed E-state index contributed by atoms with van der Waals surface area (Å²) in [7, 11) is 0. The van der Waals surface area contributed by atoms with E-state index in [1.807, 2.05) is 31.2 Å². The molecule has 4 rings (SSSR count). The molecule has 0 radical (unpaired) electrons. The van der Waals surface area contributed by atoms with E-state index in [0.717, 1.165) is 11.3 Å². The normalized spacial score (nSPS) is 10.4. The van der Waals surface area contributed by atoms with Gasteiger partial charge in [-0.2, -0.15) is 5.10 Å². The van der Waals surface area contributed by atoms with Crippen LogP contribution in [-0.2, 0) is 11.3 Å². The highest BCUT2D eigenvalue weighted by Crippen LogP contribution is 2.20. The molecular formula is C20H19N9O. The van der Waals surface area contributed by atoms with Gasteiger partial charge in [-0.15, -0.1) is 0 Å². The number of rotatable bonds is 7. The molecule has 0 aliphatic rings. The van der Waals surface area contributed by atoms with E-state index in [2.05, 4.69) is 41.0 Å². The molecule has 150 valence electrons. The Bertz CT molecular complexity index is 1130. The molecule has 0 atom stereocenters. The maximum atomic E-state index is 12.0. The topological polar surface area (TPSA) is 123 Å². The zero-order chi connectivity index (χ0) is 20.8. The molecule has 3 heterocycles. The van der Waals surface area contributed by atoms with Gasteiger partial charge in [-0.25, -0.2) is 24.6 Å². The van der Waals surface area contributed by atoms with E-state index in [0.29, 0.717) is 23.1 Å². The third-order valence-corrected chi connectivity index (χ3v) is 4.05. The summed E-state index contributed by atoms with van der Waals surface area (Å²) in [6.45, 7) is 2.10. The third-order valence-electron chi connectivity index (χ3n) is 4.05. The fraction of sp³-hybridized carbons (Fsp3) is 0.100. The molecule has 0 bridgehead atoms. The number of carbonyl (C=O) groups is 1. The summed E-state index contributed by atoms with van der Waals surface area (Å²) in [6, 6.07) is 13.0. The molecule has 0 unspecified atom stereocenters. The lowest BCUT2D eigenvalue weighted by atomic mass is 10.2. The predicted molar refractivity (Wildman–Crippen MR) is 113 cm³/mol. The van der Waals surface area contributed by atoms with E-state index >= 15 is 0 Å². The summed E-state index contributed by atoms with van der Waals surface area (Å²) in [6.07, 6.45) is 6.09. The van der Waals surface area contributed by atoms with Crippen LogP contribution in [0.25, 0.3) is 0 Å². The van der Waals surface area contributed by atoms with Gasteiger partial charge in [-0.05, 0) is 48.9 Å². The first kappa shape index (κ1) is 19.0. The van der Waals surface area contributed by atoms with Gasteiger partial charge in [0.25, 0.3) is 0 Å². The molecule has 3 N–H and O–H groups in total. The lowest BCUT2D eigenvalue weighted by Crippen LogP contribution is -2.18. The molecule has 1 amide bonds. The molecule has 3 aromatic heterocycles. The van der Waals surface area contributed by atoms with Gasteiger partial charge in [0.15, 0.2) is 0 Å². The van der Waals surface area contributed by atoms with Crippen molar-refractivity contribution in [2.75, 3.05) is 16.0 Å². The van der Waals surface area contributed by atoms with Crippen molar-refractivity contribution >= 4 is 34.7 Å². The number of amides is 1. The Morgan fingerprint density at radius 1 is 0.900 bits per heavy atom. The lowest BCUT2D eigenvalue weighted by molar-refractivity contribution is -0.116. The van der Waals surface area contributed by atoms with Gasteiger partial charge in [-0.1, -0.05) is 0 Å². The third kappa shape index (κ3) is 5.13. The van der Waals surface area contributed by atoms with E-state index in [9.17, 15) is 4.79 Å². The second-order valence-electron chi connectivity index (χ2n) is 6.48. The van der Waals surface area contributed by atoms with Crippen molar-refractivity contribution in [3.63, 3.8) is 0 Å². The minimum atomic E-state index is -0.183. The summed E-state index contributed by atoms with van der Waals surface area (Å²) in [5.74, 6) is 1.79. The Hall–Kier alpha value is -4.34. The number of hydrogen-bond acceptors (Lipinski definition) is 8. The largest absolute Gasteiger partial charge is 0.340 e. The monoisotopic (exact) mass is 401 g/mol. The van der Waals surface area contributed by atoms with E-state index in [4.69, 9.17) is 0 Å². The second kappa shape index (κ2) is 8.78. The lowest BCUT2D eigenvalue weighted by Gasteiger charge is -2.10. The molecule has 10 heteroatoms. The van der Waals surface area contributed by atoms with Crippen LogP contribution < -0.4 is 16.0 Å². The molecular weight excluding hydrogens is 382 g/mol. The summed E-state index contributed by atoms with van der Waals surface area (Å²) >= 11 is 0. The van der Waals surface area contributed by atoms with Gasteiger partial charge in [0.1, 0.15) is 43.0 Å². The van der Waals surface area contributed by atoms with E-state index in [1.165, 1.54) is 23.7 Å². The minimum absolute atomic E-state index is 0.104. The molecule has 0 saturated carbocycles. The van der Waals surface area contributed by atoms with Gasteiger partial charge >= 0.3 is 0 Å². The SMILES string of the molecule is Cc1ccnc(Nc2cc(Nc3ccc(NC(=O)Cn4cncn4)cc3)ncn2)c1. The van der Waals surface area contributed by atoms with Crippen molar-refractivity contribution in [2.45, 2.75) is 13.5 Å². The highest BCUT2D eigenvalue weighted by Gasteiger charge is 2.05. The van der Waals surface area contributed by atoms with Crippen molar-refractivity contribution in [3.05, 3.63) is 73.2 Å². The highest BCUT2D eigenvalue weighted by molar-refractivity contribution is 5.90. The van der Waals surface area contributed by atoms with Crippen LogP contribution in [0.15, 0.2) is 67.6 Å². The van der Waals surface area contributed by atoms with Crippen molar-refractivity contribution in [2.24, 2.45) is 0 Å². The van der Waals surface area contributed by atoms with Gasteiger partial charge < -0.3 is 16.0 Å². The van der Waals surface area contributed by atoms with Crippen LogP contribution in [0.5, 0.6) is 0 Å². The van der Waals surface area contributed by atoms with Crippen LogP contribution in [0.2, 0.25) is 0 Å². The van der Waals surface area contributed by atoms with Crippen LogP contribution >= 0.6 is 0 Å². The van der Waals surface area contributed by atoms with Gasteiger partial charge in [0.05, 0.1) is 0 Å². The van der Waals surface area contributed by atoms with Crippen LogP contribution in [0, 0.1) is 6.92 Å². The molecule has 30 heavy (non-hydrogen) atoms. The number of carbonyl (C=O) groups excluding carboxylic acids is 1. The molecule has 0 spiro atoms. The van der Waals surface area contributed by atoms with Crippen LogP contribution in [0.4, 0.5) is 28.8 Å². The van der Waals surface area contributed by atoms with Gasteiger partial charge in [0, 0.05) is 23.6 Å². The van der Waals surface area contributed by atoms with Crippen LogP contribution in [-0.4, -0.2) is 35.6 Å². The second-order valence-corrected chi connectivity index (χ2v) is 6.48. The number of benzene rings is 1. The van der Waals surface area contributed by atoms with E-state index in [-0.39, 0.29) is 12.5 Å². The molecule has 4 aromatic rings. The fourth-order valence-corrected chi connectivity index (χ4v) is 2.68. The Labute approximate surface area is 172 Å². The first-order valence-electron chi connectivity index (χ1n) is 9.15. The van der Waals surface area contributed by atoms with Crippen molar-refractivity contribution in [1.29, 1.82) is 0 Å². The standard InChI is InChI=1S/C20H19N9O/c1-14-6-7-22-17(8-14)28-19-9-18(23-12-24-19)26-15-2-4-16(5-3-15)27-20(30)10-29-13-21-11-25-29/h2-9,11-13H,10H2,1H3,(H,27,30)(H2,22,23,24,26,28). The Morgan fingerprint density at radius 2 is 1.63 bits per heavy atom. The molecule has 1 aromatic carbocycles. The maximum absolute atomic E-state index is 12.0. The summed E-state index contributed by atoms with van der Waals surface area (Å²) in [5.41, 5.74) is 2.61. The number of aromatic nitrogens is 6. The molecule has 10 nitrogen and oxygen atoms in total. The number of hydrogen-bond donors (Lipinski definition) is 3. The average Bonchev–Trinajstić information content (AvgIpc) is 3.23. The Balaban J connectivity index is 1.36. The molecule has 0 aliphatic heterocycles. The van der Waals surface area contributed by atoms with Crippen LogP contribution in [0.3, 0.4) is 0 Å². The smallest absolute Gasteiger partial charge is 0.246 e. The first-order valence-corrected chi connectivity index (χ1v) is 9.15. The zero-order valence-corrected chi connectivity index (χ0v) is 16.1. The summed E-state index contributed by atoms with van der Waals surface area (Å²) < 4.78 is 1.46. The van der Waals surface area contributed by atoms with Crippen LogP contribution in [0.1, 0.15) is 5.56 Å². The molecule has 0 aliphatic carbocycles. The summed E-state index contributed by atoms with van der Waals surface area (Å²) in [5, 5.41) is 13.1. The fourth-order valence-electron chi connectivity index (χ4n) is 2.68. The van der Waals surface area contributed by atoms with Gasteiger partial charge in [-0.3, -0.25) is 4.79 Å². The maximum Gasteiger partial charge on any atom is 0.246 e. The quantitative estimate of drug-likeness (QED) is 0.432.